The van der Waals surface area contributed by atoms with Crippen LogP contribution in [-0.4, -0.2) is 4.98 Å². The molecule has 0 fully saturated rings. The van der Waals surface area contributed by atoms with Crippen molar-refractivity contribution in [3.63, 3.8) is 0 Å². The van der Waals surface area contributed by atoms with Crippen molar-refractivity contribution >= 4 is 23.2 Å². The van der Waals surface area contributed by atoms with Crippen LogP contribution < -0.4 is 0 Å². The fourth-order valence-electron chi connectivity index (χ4n) is 1.18. The average Bonchev–Trinajstić information content (AvgIpc) is 2.14. The van der Waals surface area contributed by atoms with Gasteiger partial charge in [-0.1, -0.05) is 11.6 Å². The number of pyridine rings is 1. The number of alkyl halides is 6. The van der Waals surface area contributed by atoms with Crippen molar-refractivity contribution in [3.8, 4) is 0 Å². The molecule has 0 saturated heterocycles. The predicted octanol–water partition coefficient (Wildman–Crippen LogP) is 4.43. The SMILES string of the molecule is FC(F)c1cc(Cl)nc(CCl)c1C(F)(F)F. The molecule has 8 heteroatoms. The molecule has 0 N–H and O–H groups in total. The molecule has 0 atom stereocenters. The second kappa shape index (κ2) is 4.71. The van der Waals surface area contributed by atoms with Crippen LogP contribution in [0.2, 0.25) is 5.15 Å². The van der Waals surface area contributed by atoms with Crippen LogP contribution in [0.25, 0.3) is 0 Å². The Morgan fingerprint density at radius 2 is 1.88 bits per heavy atom. The van der Waals surface area contributed by atoms with Crippen molar-refractivity contribution in [2.75, 3.05) is 0 Å². The molecule has 0 radical (unpaired) electrons. The van der Waals surface area contributed by atoms with Gasteiger partial charge in [0.05, 0.1) is 17.1 Å². The zero-order valence-corrected chi connectivity index (χ0v) is 8.97. The van der Waals surface area contributed by atoms with Crippen molar-refractivity contribution < 1.29 is 22.0 Å². The molecule has 1 aromatic rings. The van der Waals surface area contributed by atoms with Crippen LogP contribution in [-0.2, 0) is 12.1 Å². The lowest BCUT2D eigenvalue weighted by molar-refractivity contribution is -0.140. The van der Waals surface area contributed by atoms with E-state index in [4.69, 9.17) is 23.2 Å². The maximum Gasteiger partial charge on any atom is 0.418 e. The number of aromatic nitrogens is 1. The Labute approximate surface area is 97.2 Å². The molecule has 0 amide bonds. The van der Waals surface area contributed by atoms with Gasteiger partial charge in [0.2, 0.25) is 0 Å². The summed E-state index contributed by atoms with van der Waals surface area (Å²) in [6, 6.07) is 0.491. The van der Waals surface area contributed by atoms with Gasteiger partial charge >= 0.3 is 6.18 Å². The normalized spacial score (nSPS) is 12.2. The van der Waals surface area contributed by atoms with E-state index in [-0.39, 0.29) is 0 Å². The van der Waals surface area contributed by atoms with Gasteiger partial charge in [-0.15, -0.1) is 11.6 Å². The minimum atomic E-state index is -4.94. The summed E-state index contributed by atoms with van der Waals surface area (Å²) in [5.41, 5.74) is -3.41. The van der Waals surface area contributed by atoms with Gasteiger partial charge in [0, 0.05) is 5.56 Å². The Kier molecular flexibility index (Phi) is 3.96. The van der Waals surface area contributed by atoms with Gasteiger partial charge in [-0.2, -0.15) is 13.2 Å². The smallest absolute Gasteiger partial charge is 0.239 e. The van der Waals surface area contributed by atoms with Crippen molar-refractivity contribution in [3.05, 3.63) is 28.0 Å². The lowest BCUT2D eigenvalue weighted by Gasteiger charge is -2.15. The van der Waals surface area contributed by atoms with Crippen LogP contribution in [0.15, 0.2) is 6.07 Å². The van der Waals surface area contributed by atoms with E-state index in [1.165, 1.54) is 0 Å². The zero-order valence-electron chi connectivity index (χ0n) is 7.45. The molecule has 1 heterocycles. The van der Waals surface area contributed by atoms with Crippen LogP contribution in [0, 0.1) is 0 Å². The van der Waals surface area contributed by atoms with E-state index in [0.29, 0.717) is 6.07 Å². The topological polar surface area (TPSA) is 12.9 Å². The van der Waals surface area contributed by atoms with E-state index >= 15 is 0 Å². The molecule has 1 rings (SSSR count). The van der Waals surface area contributed by atoms with Crippen molar-refractivity contribution in [2.24, 2.45) is 0 Å². The second-order valence-electron chi connectivity index (χ2n) is 2.79. The maximum absolute atomic E-state index is 12.5. The van der Waals surface area contributed by atoms with Crippen LogP contribution >= 0.6 is 23.2 Å². The summed E-state index contributed by atoms with van der Waals surface area (Å²) in [4.78, 5) is 3.28. The lowest BCUT2D eigenvalue weighted by Crippen LogP contribution is -2.14. The van der Waals surface area contributed by atoms with E-state index in [0.717, 1.165) is 0 Å². The zero-order chi connectivity index (χ0) is 12.5. The first kappa shape index (κ1) is 13.4. The summed E-state index contributed by atoms with van der Waals surface area (Å²) in [7, 11) is 0. The summed E-state index contributed by atoms with van der Waals surface area (Å²) < 4.78 is 62.4. The highest BCUT2D eigenvalue weighted by Crippen LogP contribution is 2.39. The summed E-state index contributed by atoms with van der Waals surface area (Å²) in [5, 5.41) is -0.445. The third-order valence-corrected chi connectivity index (χ3v) is 2.19. The minimum Gasteiger partial charge on any atom is -0.239 e. The van der Waals surface area contributed by atoms with Gasteiger partial charge in [-0.25, -0.2) is 13.8 Å². The molecule has 90 valence electrons. The molecule has 1 aromatic heterocycles. The third kappa shape index (κ3) is 2.74. The largest absolute Gasteiger partial charge is 0.418 e. The molecule has 0 aromatic carbocycles. The molecule has 0 aliphatic heterocycles. The Morgan fingerprint density at radius 1 is 1.31 bits per heavy atom. The van der Waals surface area contributed by atoms with Gasteiger partial charge in [0.1, 0.15) is 5.15 Å². The number of hydrogen-bond donors (Lipinski definition) is 0. The molecule has 0 aliphatic rings. The number of rotatable bonds is 2. The average molecular weight is 280 g/mol. The Bertz CT molecular complexity index is 391. The quantitative estimate of drug-likeness (QED) is 0.443. The highest BCUT2D eigenvalue weighted by Gasteiger charge is 2.39. The number of halogens is 7. The number of hydrogen-bond acceptors (Lipinski definition) is 1. The molecule has 16 heavy (non-hydrogen) atoms. The highest BCUT2D eigenvalue weighted by molar-refractivity contribution is 6.29. The van der Waals surface area contributed by atoms with E-state index in [9.17, 15) is 22.0 Å². The molecule has 0 aliphatic carbocycles. The lowest BCUT2D eigenvalue weighted by atomic mass is 10.1. The summed E-state index contributed by atoms with van der Waals surface area (Å²) in [6.07, 6.45) is -8.23. The Morgan fingerprint density at radius 3 is 2.25 bits per heavy atom. The molecule has 1 nitrogen and oxygen atoms in total. The predicted molar refractivity (Wildman–Crippen MR) is 48.8 cm³/mol. The van der Waals surface area contributed by atoms with E-state index in [2.05, 4.69) is 4.98 Å². The van der Waals surface area contributed by atoms with E-state index in [1.807, 2.05) is 0 Å². The first-order valence-corrected chi connectivity index (χ1v) is 4.79. The Balaban J connectivity index is 3.52. The van der Waals surface area contributed by atoms with Crippen LogP contribution in [0.4, 0.5) is 22.0 Å². The van der Waals surface area contributed by atoms with Crippen molar-refractivity contribution in [1.29, 1.82) is 0 Å². The first-order chi connectivity index (χ1) is 7.27. The monoisotopic (exact) mass is 279 g/mol. The van der Waals surface area contributed by atoms with E-state index in [1.54, 1.807) is 0 Å². The van der Waals surface area contributed by atoms with Crippen molar-refractivity contribution in [2.45, 2.75) is 18.5 Å². The van der Waals surface area contributed by atoms with Gasteiger partial charge < -0.3 is 0 Å². The van der Waals surface area contributed by atoms with Crippen LogP contribution in [0.1, 0.15) is 23.2 Å². The molecule has 0 bridgehead atoms. The molecule has 0 saturated carbocycles. The van der Waals surface area contributed by atoms with Crippen molar-refractivity contribution in [1.82, 2.24) is 4.98 Å². The van der Waals surface area contributed by atoms with Crippen LogP contribution in [0.5, 0.6) is 0 Å². The van der Waals surface area contributed by atoms with Crippen LogP contribution in [0.3, 0.4) is 0 Å². The maximum atomic E-state index is 12.5. The fourth-order valence-corrected chi connectivity index (χ4v) is 1.59. The molecule has 0 unspecified atom stereocenters. The minimum absolute atomic E-state index is 0.445. The molecule has 0 spiro atoms. The standard InChI is InChI=1S/C8H4Cl2F5N/c9-2-4-6(8(13,14)15)3(7(11)12)1-5(10)16-4/h1,7H,2H2. The third-order valence-electron chi connectivity index (χ3n) is 1.74. The van der Waals surface area contributed by atoms with Gasteiger partial charge in [0.25, 0.3) is 6.43 Å². The Hall–Kier alpha value is -0.620. The first-order valence-electron chi connectivity index (χ1n) is 3.88. The van der Waals surface area contributed by atoms with Gasteiger partial charge in [0.15, 0.2) is 0 Å². The summed E-state index contributed by atoms with van der Waals surface area (Å²) in [5.74, 6) is -0.644. The van der Waals surface area contributed by atoms with Gasteiger partial charge in [-0.05, 0) is 6.07 Å². The second-order valence-corrected chi connectivity index (χ2v) is 3.44. The summed E-state index contributed by atoms with van der Waals surface area (Å²) >= 11 is 10.5. The fraction of sp³-hybridized carbons (Fsp3) is 0.375. The molecular formula is C8H4Cl2F5N. The summed E-state index contributed by atoms with van der Waals surface area (Å²) in [6.45, 7) is 0. The van der Waals surface area contributed by atoms with Gasteiger partial charge in [-0.3, -0.25) is 0 Å². The molecular weight excluding hydrogens is 276 g/mol. The van der Waals surface area contributed by atoms with E-state index < -0.39 is 40.5 Å². The number of nitrogens with zero attached hydrogens (tertiary/aromatic N) is 1. The highest BCUT2D eigenvalue weighted by atomic mass is 35.5.